The minimum atomic E-state index is -0.381. The molecule has 68 valence electrons. The van der Waals surface area contributed by atoms with E-state index in [2.05, 4.69) is 0 Å². The first-order chi connectivity index (χ1) is 6.11. The smallest absolute Gasteiger partial charge is 0.335 e. The van der Waals surface area contributed by atoms with Crippen molar-refractivity contribution < 1.29 is 4.39 Å². The number of hydrogen-bond acceptors (Lipinski definition) is 2. The molecule has 0 aliphatic carbocycles. The van der Waals surface area contributed by atoms with Crippen LogP contribution >= 0.6 is 0 Å². The van der Waals surface area contributed by atoms with Gasteiger partial charge in [-0.15, -0.1) is 0 Å². The molecule has 0 aliphatic rings. The molecule has 0 saturated carbocycles. The highest BCUT2D eigenvalue weighted by Crippen LogP contribution is 2.11. The molecular weight excluding hydrogens is 173 g/mol. The molecule has 0 radical (unpaired) electrons. The number of rotatable bonds is 0. The molecular formula is C8H8FN3O. The van der Waals surface area contributed by atoms with Crippen molar-refractivity contribution in [2.75, 3.05) is 5.84 Å². The van der Waals surface area contributed by atoms with Crippen LogP contribution in [0.2, 0.25) is 0 Å². The summed E-state index contributed by atoms with van der Waals surface area (Å²) in [5.41, 5.74) is 0.655. The summed E-state index contributed by atoms with van der Waals surface area (Å²) in [6.45, 7) is 0. The average Bonchev–Trinajstić information content (AvgIpc) is 2.32. The summed E-state index contributed by atoms with van der Waals surface area (Å²) in [5, 5.41) is 0. The van der Waals surface area contributed by atoms with Gasteiger partial charge in [-0.2, -0.15) is 0 Å². The first kappa shape index (κ1) is 7.85. The molecule has 0 unspecified atom stereocenters. The van der Waals surface area contributed by atoms with E-state index in [1.165, 1.54) is 22.8 Å². The Morgan fingerprint density at radius 3 is 2.77 bits per heavy atom. The second-order valence-corrected chi connectivity index (χ2v) is 2.84. The molecule has 2 N–H and O–H groups in total. The van der Waals surface area contributed by atoms with Crippen LogP contribution in [-0.4, -0.2) is 9.24 Å². The fraction of sp³-hybridized carbons (Fsp3) is 0.125. The van der Waals surface area contributed by atoms with Crippen LogP contribution in [0.15, 0.2) is 23.0 Å². The fourth-order valence-electron chi connectivity index (χ4n) is 1.34. The Balaban J connectivity index is 3.04. The fourth-order valence-corrected chi connectivity index (χ4v) is 1.34. The number of hydrogen-bond donors (Lipinski definition) is 1. The second-order valence-electron chi connectivity index (χ2n) is 2.84. The van der Waals surface area contributed by atoms with E-state index in [1.807, 2.05) is 0 Å². The lowest BCUT2D eigenvalue weighted by atomic mass is 10.3. The van der Waals surface area contributed by atoms with Crippen molar-refractivity contribution in [3.8, 4) is 0 Å². The van der Waals surface area contributed by atoms with Crippen molar-refractivity contribution in [3.63, 3.8) is 0 Å². The van der Waals surface area contributed by atoms with Crippen molar-refractivity contribution >= 4 is 11.0 Å². The Hall–Kier alpha value is -1.78. The summed E-state index contributed by atoms with van der Waals surface area (Å²) >= 11 is 0. The SMILES string of the molecule is Cn1c(=O)n(N)c2ccc(F)cc21. The topological polar surface area (TPSA) is 53.0 Å². The third kappa shape index (κ3) is 0.932. The van der Waals surface area contributed by atoms with Gasteiger partial charge in [-0.3, -0.25) is 4.57 Å². The quantitative estimate of drug-likeness (QED) is 0.590. The van der Waals surface area contributed by atoms with Crippen LogP contribution in [0.5, 0.6) is 0 Å². The molecule has 0 saturated heterocycles. The van der Waals surface area contributed by atoms with Crippen LogP contribution in [0.1, 0.15) is 0 Å². The summed E-state index contributed by atoms with van der Waals surface area (Å²) in [7, 11) is 1.55. The maximum Gasteiger partial charge on any atom is 0.347 e. The van der Waals surface area contributed by atoms with Gasteiger partial charge in [0.05, 0.1) is 11.0 Å². The Kier molecular flexibility index (Phi) is 1.42. The Bertz CT molecular complexity index is 526. The molecule has 1 aromatic carbocycles. The molecule has 0 bridgehead atoms. The van der Waals surface area contributed by atoms with Gasteiger partial charge in [0.25, 0.3) is 0 Å². The molecule has 0 aliphatic heterocycles. The van der Waals surface area contributed by atoms with Crippen molar-refractivity contribution in [1.82, 2.24) is 9.24 Å². The lowest BCUT2D eigenvalue weighted by Crippen LogP contribution is -2.27. The van der Waals surface area contributed by atoms with Crippen LogP contribution < -0.4 is 11.5 Å². The minimum Gasteiger partial charge on any atom is -0.335 e. The molecule has 1 aromatic heterocycles. The van der Waals surface area contributed by atoms with Crippen molar-refractivity contribution in [3.05, 3.63) is 34.5 Å². The predicted octanol–water partition coefficient (Wildman–Crippen LogP) is 0.193. The number of fused-ring (bicyclic) bond motifs is 1. The van der Waals surface area contributed by atoms with E-state index in [0.29, 0.717) is 11.0 Å². The van der Waals surface area contributed by atoms with E-state index in [-0.39, 0.29) is 11.5 Å². The largest absolute Gasteiger partial charge is 0.347 e. The first-order valence-electron chi connectivity index (χ1n) is 3.73. The zero-order valence-corrected chi connectivity index (χ0v) is 6.99. The lowest BCUT2D eigenvalue weighted by molar-refractivity contribution is 0.628. The first-order valence-corrected chi connectivity index (χ1v) is 3.73. The molecule has 0 amide bonds. The Labute approximate surface area is 73.0 Å². The lowest BCUT2D eigenvalue weighted by Gasteiger charge is -1.93. The van der Waals surface area contributed by atoms with E-state index in [1.54, 1.807) is 7.05 Å². The average molecular weight is 181 g/mol. The van der Waals surface area contributed by atoms with E-state index in [9.17, 15) is 9.18 Å². The van der Waals surface area contributed by atoms with Crippen molar-refractivity contribution in [2.24, 2.45) is 7.05 Å². The summed E-state index contributed by atoms with van der Waals surface area (Å²) in [6.07, 6.45) is 0. The van der Waals surface area contributed by atoms with Gasteiger partial charge in [0.15, 0.2) is 0 Å². The predicted molar refractivity (Wildman–Crippen MR) is 47.3 cm³/mol. The number of aryl methyl sites for hydroxylation is 1. The van der Waals surface area contributed by atoms with E-state index >= 15 is 0 Å². The van der Waals surface area contributed by atoms with Gasteiger partial charge in [0.1, 0.15) is 5.82 Å². The molecule has 0 fully saturated rings. The highest BCUT2D eigenvalue weighted by atomic mass is 19.1. The van der Waals surface area contributed by atoms with Crippen LogP contribution in [0.3, 0.4) is 0 Å². The highest BCUT2D eigenvalue weighted by molar-refractivity contribution is 5.76. The number of nitrogen functional groups attached to an aromatic ring is 1. The summed E-state index contributed by atoms with van der Waals surface area (Å²) in [4.78, 5) is 11.3. The number of imidazole rings is 1. The molecule has 5 heteroatoms. The Morgan fingerprint density at radius 2 is 2.08 bits per heavy atom. The molecule has 0 spiro atoms. The molecule has 2 aromatic rings. The zero-order chi connectivity index (χ0) is 9.59. The van der Waals surface area contributed by atoms with Gasteiger partial charge in [-0.25, -0.2) is 13.9 Å². The van der Waals surface area contributed by atoms with Crippen LogP contribution in [-0.2, 0) is 7.05 Å². The number of benzene rings is 1. The van der Waals surface area contributed by atoms with Crippen LogP contribution in [0.25, 0.3) is 11.0 Å². The van der Waals surface area contributed by atoms with Crippen LogP contribution in [0.4, 0.5) is 4.39 Å². The standard InChI is InChI=1S/C8H8FN3O/c1-11-7-4-5(9)2-3-6(7)12(10)8(11)13/h2-4H,10H2,1H3. The monoisotopic (exact) mass is 181 g/mol. The van der Waals surface area contributed by atoms with Crippen molar-refractivity contribution in [1.29, 1.82) is 0 Å². The zero-order valence-electron chi connectivity index (χ0n) is 6.99. The maximum absolute atomic E-state index is 12.8. The summed E-state index contributed by atoms with van der Waals surface area (Å²) in [6, 6.07) is 4.03. The second kappa shape index (κ2) is 2.35. The molecule has 13 heavy (non-hydrogen) atoms. The molecule has 2 rings (SSSR count). The van der Waals surface area contributed by atoms with Gasteiger partial charge < -0.3 is 5.84 Å². The van der Waals surface area contributed by atoms with E-state index in [4.69, 9.17) is 5.84 Å². The van der Waals surface area contributed by atoms with Gasteiger partial charge in [-0.1, -0.05) is 0 Å². The minimum absolute atomic E-state index is 0.361. The van der Waals surface area contributed by atoms with E-state index < -0.39 is 0 Å². The van der Waals surface area contributed by atoms with Crippen LogP contribution in [0, 0.1) is 5.82 Å². The maximum atomic E-state index is 12.8. The number of nitrogens with zero attached hydrogens (tertiary/aromatic N) is 2. The van der Waals surface area contributed by atoms with Gasteiger partial charge >= 0.3 is 5.69 Å². The third-order valence-electron chi connectivity index (χ3n) is 2.05. The molecule has 1 heterocycles. The van der Waals surface area contributed by atoms with E-state index in [0.717, 1.165) is 4.68 Å². The Morgan fingerprint density at radius 1 is 1.38 bits per heavy atom. The number of aromatic nitrogens is 2. The normalized spacial score (nSPS) is 10.9. The molecule has 4 nitrogen and oxygen atoms in total. The number of halogens is 1. The summed E-state index contributed by atoms with van der Waals surface area (Å²) < 4.78 is 15.1. The van der Waals surface area contributed by atoms with Gasteiger partial charge in [-0.05, 0) is 18.2 Å². The van der Waals surface area contributed by atoms with Crippen molar-refractivity contribution in [2.45, 2.75) is 0 Å². The van der Waals surface area contributed by atoms with Gasteiger partial charge in [0.2, 0.25) is 0 Å². The highest BCUT2D eigenvalue weighted by Gasteiger charge is 2.07. The third-order valence-corrected chi connectivity index (χ3v) is 2.05. The van der Waals surface area contributed by atoms with Gasteiger partial charge in [0, 0.05) is 7.05 Å². The molecule has 0 atom stereocenters. The summed E-state index contributed by atoms with van der Waals surface area (Å²) in [5.74, 6) is 5.07. The number of nitrogens with two attached hydrogens (primary N) is 1.